The van der Waals surface area contributed by atoms with Crippen molar-refractivity contribution in [2.75, 3.05) is 31.9 Å². The summed E-state index contributed by atoms with van der Waals surface area (Å²) in [5.41, 5.74) is 2.46. The molecule has 0 aliphatic rings. The molecule has 0 fully saturated rings. The molecule has 0 radical (unpaired) electrons. The topological polar surface area (TPSA) is 97.1 Å². The normalized spacial score (nSPS) is 10.6. The first-order valence-corrected chi connectivity index (χ1v) is 9.26. The lowest BCUT2D eigenvalue weighted by atomic mass is 10.2. The van der Waals surface area contributed by atoms with Crippen LogP contribution in [-0.4, -0.2) is 33.1 Å². The molecule has 0 saturated heterocycles. The number of nitrogens with zero attached hydrogens (tertiary/aromatic N) is 1. The highest BCUT2D eigenvalue weighted by Gasteiger charge is 2.09. The van der Waals surface area contributed by atoms with Gasteiger partial charge in [0.15, 0.2) is 23.2 Å². The number of carbonyl (C=O) groups excluding carboxylic acids is 1. The third-order valence-electron chi connectivity index (χ3n) is 4.26. The van der Waals surface area contributed by atoms with Gasteiger partial charge in [-0.15, -0.1) is 24.0 Å². The van der Waals surface area contributed by atoms with Crippen molar-refractivity contribution in [3.05, 3.63) is 72.2 Å². The van der Waals surface area contributed by atoms with Gasteiger partial charge < -0.3 is 29.8 Å². The number of nitrogens with one attached hydrogen (secondary N) is 3. The summed E-state index contributed by atoms with van der Waals surface area (Å²) in [4.78, 5) is 16.4. The van der Waals surface area contributed by atoms with Gasteiger partial charge in [0, 0.05) is 31.0 Å². The molecule has 0 atom stereocenters. The molecule has 0 saturated carbocycles. The minimum atomic E-state index is -0.295. The van der Waals surface area contributed by atoms with Gasteiger partial charge >= 0.3 is 0 Å². The van der Waals surface area contributed by atoms with E-state index < -0.39 is 0 Å². The van der Waals surface area contributed by atoms with Crippen molar-refractivity contribution in [2.24, 2.45) is 4.99 Å². The van der Waals surface area contributed by atoms with Gasteiger partial charge in [-0.1, -0.05) is 12.1 Å². The highest BCUT2D eigenvalue weighted by molar-refractivity contribution is 14.0. The van der Waals surface area contributed by atoms with E-state index in [2.05, 4.69) is 20.9 Å². The number of aliphatic imine (C=N–C) groups is 1. The zero-order chi connectivity index (χ0) is 21.3. The van der Waals surface area contributed by atoms with E-state index in [1.807, 2.05) is 42.5 Å². The number of halogens is 1. The summed E-state index contributed by atoms with van der Waals surface area (Å²) in [6, 6.07) is 16.4. The van der Waals surface area contributed by atoms with Crippen LogP contribution in [0.5, 0.6) is 11.5 Å². The molecular weight excluding hydrogens is 511 g/mol. The fourth-order valence-electron chi connectivity index (χ4n) is 2.78. The van der Waals surface area contributed by atoms with Crippen LogP contribution < -0.4 is 25.4 Å². The van der Waals surface area contributed by atoms with Gasteiger partial charge in [-0.3, -0.25) is 9.79 Å². The summed E-state index contributed by atoms with van der Waals surface area (Å²) >= 11 is 0. The highest BCUT2D eigenvalue weighted by Crippen LogP contribution is 2.29. The Hall–Kier alpha value is -3.21. The van der Waals surface area contributed by atoms with Crippen molar-refractivity contribution in [3.8, 4) is 11.5 Å². The van der Waals surface area contributed by atoms with E-state index in [1.54, 1.807) is 33.4 Å². The van der Waals surface area contributed by atoms with Crippen molar-refractivity contribution >= 4 is 47.2 Å². The Morgan fingerprint density at radius 2 is 1.74 bits per heavy atom. The Labute approximate surface area is 198 Å². The van der Waals surface area contributed by atoms with Gasteiger partial charge in [0.25, 0.3) is 5.91 Å². The standard InChI is InChI=1S/C22H24N4O4.HI/c1-23-22(26-17-9-10-18(28-2)20(13-17)29-3)24-14-15-6-4-7-16(12-15)25-21(27)19-8-5-11-30-19;/h4-13H,14H2,1-3H3,(H,25,27)(H2,23,24,26);1H. The van der Waals surface area contributed by atoms with Gasteiger partial charge in [-0.25, -0.2) is 0 Å². The number of furan rings is 1. The smallest absolute Gasteiger partial charge is 0.291 e. The number of carbonyl (C=O) groups is 1. The largest absolute Gasteiger partial charge is 0.493 e. The molecule has 0 spiro atoms. The quantitative estimate of drug-likeness (QED) is 0.236. The van der Waals surface area contributed by atoms with E-state index in [4.69, 9.17) is 13.9 Å². The Morgan fingerprint density at radius 1 is 0.968 bits per heavy atom. The van der Waals surface area contributed by atoms with Crippen LogP contribution in [0.2, 0.25) is 0 Å². The van der Waals surface area contributed by atoms with Crippen LogP contribution in [0.4, 0.5) is 11.4 Å². The summed E-state index contributed by atoms with van der Waals surface area (Å²) < 4.78 is 15.7. The van der Waals surface area contributed by atoms with Crippen molar-refractivity contribution in [1.82, 2.24) is 5.32 Å². The van der Waals surface area contributed by atoms with Crippen LogP contribution in [-0.2, 0) is 6.54 Å². The molecule has 2 aromatic carbocycles. The molecule has 1 aromatic heterocycles. The van der Waals surface area contributed by atoms with E-state index in [0.29, 0.717) is 29.7 Å². The van der Waals surface area contributed by atoms with Crippen LogP contribution in [0.15, 0.2) is 70.3 Å². The van der Waals surface area contributed by atoms with Crippen LogP contribution >= 0.6 is 24.0 Å². The highest BCUT2D eigenvalue weighted by atomic mass is 127. The van der Waals surface area contributed by atoms with Gasteiger partial charge in [0.1, 0.15) is 0 Å². The van der Waals surface area contributed by atoms with Crippen molar-refractivity contribution < 1.29 is 18.7 Å². The predicted molar refractivity (Wildman–Crippen MR) is 132 cm³/mol. The molecule has 8 nitrogen and oxygen atoms in total. The molecule has 0 bridgehead atoms. The lowest BCUT2D eigenvalue weighted by Crippen LogP contribution is -2.30. The average molecular weight is 536 g/mol. The summed E-state index contributed by atoms with van der Waals surface area (Å²) in [5.74, 6) is 1.83. The lowest BCUT2D eigenvalue weighted by Gasteiger charge is -2.14. The fraction of sp³-hybridized carbons (Fsp3) is 0.182. The number of hydrogen-bond acceptors (Lipinski definition) is 5. The summed E-state index contributed by atoms with van der Waals surface area (Å²) in [6.45, 7) is 0.511. The van der Waals surface area contributed by atoms with Crippen LogP contribution in [0, 0.1) is 0 Å². The Balaban J connectivity index is 0.00000341. The Bertz CT molecular complexity index is 1020. The van der Waals surface area contributed by atoms with Gasteiger partial charge in [0.2, 0.25) is 0 Å². The molecule has 3 rings (SSSR count). The van der Waals surface area contributed by atoms with Gasteiger partial charge in [0.05, 0.1) is 20.5 Å². The summed E-state index contributed by atoms with van der Waals surface area (Å²) in [5, 5.41) is 9.27. The summed E-state index contributed by atoms with van der Waals surface area (Å²) in [7, 11) is 4.87. The fourth-order valence-corrected chi connectivity index (χ4v) is 2.78. The second-order valence-corrected chi connectivity index (χ2v) is 6.25. The predicted octanol–water partition coefficient (Wildman–Crippen LogP) is 4.35. The van der Waals surface area contributed by atoms with E-state index in [9.17, 15) is 4.79 Å². The molecule has 9 heteroatoms. The number of amides is 1. The molecule has 3 N–H and O–H groups in total. The van der Waals surface area contributed by atoms with Gasteiger partial charge in [-0.05, 0) is 42.0 Å². The first-order chi connectivity index (χ1) is 14.6. The maximum absolute atomic E-state index is 12.1. The second-order valence-electron chi connectivity index (χ2n) is 6.25. The zero-order valence-corrected chi connectivity index (χ0v) is 19.8. The van der Waals surface area contributed by atoms with Gasteiger partial charge in [-0.2, -0.15) is 0 Å². The molecule has 1 heterocycles. The first-order valence-electron chi connectivity index (χ1n) is 9.26. The van der Waals surface area contributed by atoms with Crippen LogP contribution in [0.1, 0.15) is 16.1 Å². The van der Waals surface area contributed by atoms with Crippen molar-refractivity contribution in [3.63, 3.8) is 0 Å². The number of anilines is 2. The molecular formula is C22H25IN4O4. The number of methoxy groups -OCH3 is 2. The zero-order valence-electron chi connectivity index (χ0n) is 17.5. The molecule has 0 unspecified atom stereocenters. The minimum Gasteiger partial charge on any atom is -0.493 e. The summed E-state index contributed by atoms with van der Waals surface area (Å²) in [6.07, 6.45) is 1.46. The molecule has 0 aliphatic carbocycles. The maximum atomic E-state index is 12.1. The van der Waals surface area contributed by atoms with E-state index in [-0.39, 0.29) is 35.6 Å². The third kappa shape index (κ3) is 6.64. The van der Waals surface area contributed by atoms with E-state index in [0.717, 1.165) is 11.3 Å². The first kappa shape index (κ1) is 24.1. The Morgan fingerprint density at radius 3 is 2.42 bits per heavy atom. The lowest BCUT2D eigenvalue weighted by molar-refractivity contribution is 0.0996. The molecule has 0 aliphatic heterocycles. The molecule has 164 valence electrons. The third-order valence-corrected chi connectivity index (χ3v) is 4.26. The monoisotopic (exact) mass is 536 g/mol. The van der Waals surface area contributed by atoms with Crippen molar-refractivity contribution in [1.29, 1.82) is 0 Å². The number of benzene rings is 2. The average Bonchev–Trinajstić information content (AvgIpc) is 3.32. The Kier molecular flexibility index (Phi) is 9.19. The van der Waals surface area contributed by atoms with Crippen LogP contribution in [0.25, 0.3) is 0 Å². The molecule has 3 aromatic rings. The maximum Gasteiger partial charge on any atom is 0.291 e. The van der Waals surface area contributed by atoms with Crippen LogP contribution in [0.3, 0.4) is 0 Å². The number of ether oxygens (including phenoxy) is 2. The SMILES string of the molecule is CN=C(NCc1cccc(NC(=O)c2ccco2)c1)Nc1ccc(OC)c(OC)c1.I. The van der Waals surface area contributed by atoms with E-state index >= 15 is 0 Å². The van der Waals surface area contributed by atoms with E-state index in [1.165, 1.54) is 6.26 Å². The number of hydrogen-bond donors (Lipinski definition) is 3. The molecule has 1 amide bonds. The molecule has 31 heavy (non-hydrogen) atoms. The number of guanidine groups is 1. The minimum absolute atomic E-state index is 0. The van der Waals surface area contributed by atoms with Crippen molar-refractivity contribution in [2.45, 2.75) is 6.54 Å². The number of rotatable bonds is 7. The second kappa shape index (κ2) is 11.8.